The smallest absolute Gasteiger partial charge is 0.329 e. The van der Waals surface area contributed by atoms with Crippen LogP contribution in [0.1, 0.15) is 94.0 Å². The summed E-state index contributed by atoms with van der Waals surface area (Å²) in [5, 5.41) is 14.8. The van der Waals surface area contributed by atoms with Gasteiger partial charge in [-0.15, -0.1) is 0 Å². The van der Waals surface area contributed by atoms with Gasteiger partial charge >= 0.3 is 5.97 Å². The Morgan fingerprint density at radius 3 is 2.78 bits per heavy atom. The van der Waals surface area contributed by atoms with Crippen molar-refractivity contribution >= 4 is 23.3 Å². The van der Waals surface area contributed by atoms with Gasteiger partial charge in [0.05, 0.1) is 19.3 Å². The number of pyridine rings is 1. The van der Waals surface area contributed by atoms with Crippen molar-refractivity contribution in [1.82, 2.24) is 4.98 Å². The summed E-state index contributed by atoms with van der Waals surface area (Å²) in [6.07, 6.45) is 10.2. The average molecular weight is 647 g/mol. The molecule has 7 nitrogen and oxygen atoms in total. The minimum absolute atomic E-state index is 0.0757. The fourth-order valence-electron chi connectivity index (χ4n) is 7.59. The van der Waals surface area contributed by atoms with Crippen molar-refractivity contribution in [3.63, 3.8) is 0 Å². The van der Waals surface area contributed by atoms with Crippen LogP contribution in [-0.2, 0) is 24.1 Å². The number of rotatable bonds is 8. The van der Waals surface area contributed by atoms with Gasteiger partial charge in [-0.25, -0.2) is 4.79 Å². The SMILES string of the molecule is C[C@@H](COc1ccnc2c1[C@H](C)CCC2)C[C@@H]1CC[C@@](Nc2cccc(Cl)c2)(C(=O)O)CCc2cc3c(cc2C1)O[C@@H](C)CCO3. The maximum Gasteiger partial charge on any atom is 0.329 e. The summed E-state index contributed by atoms with van der Waals surface area (Å²) in [6, 6.07) is 13.6. The van der Waals surface area contributed by atoms with Crippen molar-refractivity contribution in [2.75, 3.05) is 18.5 Å². The molecule has 46 heavy (non-hydrogen) atoms. The minimum Gasteiger partial charge on any atom is -0.493 e. The fourth-order valence-corrected chi connectivity index (χ4v) is 7.78. The predicted octanol–water partition coefficient (Wildman–Crippen LogP) is 8.65. The second-order valence-corrected chi connectivity index (χ2v) is 14.3. The van der Waals surface area contributed by atoms with Gasteiger partial charge in [-0.1, -0.05) is 31.5 Å². The number of fused-ring (bicyclic) bond motifs is 3. The molecule has 0 fully saturated rings. The highest BCUT2D eigenvalue weighted by Crippen LogP contribution is 2.41. The van der Waals surface area contributed by atoms with Gasteiger partial charge in [-0.2, -0.15) is 0 Å². The molecule has 1 aliphatic heterocycles. The van der Waals surface area contributed by atoms with Gasteiger partial charge in [0.1, 0.15) is 11.3 Å². The Kier molecular flexibility index (Phi) is 9.98. The van der Waals surface area contributed by atoms with E-state index in [1.807, 2.05) is 24.4 Å². The number of hydrogen-bond acceptors (Lipinski definition) is 6. The molecule has 3 aliphatic rings. The third kappa shape index (κ3) is 7.41. The Labute approximate surface area is 278 Å². The molecule has 5 atom stereocenters. The van der Waals surface area contributed by atoms with Gasteiger partial charge in [0.2, 0.25) is 0 Å². The zero-order valence-corrected chi connectivity index (χ0v) is 28.1. The number of ether oxygens (including phenoxy) is 3. The van der Waals surface area contributed by atoms with Gasteiger partial charge < -0.3 is 24.6 Å². The van der Waals surface area contributed by atoms with Gasteiger partial charge in [-0.05, 0) is 130 Å². The number of carboxylic acids is 1. The van der Waals surface area contributed by atoms with E-state index in [0.29, 0.717) is 43.4 Å². The summed E-state index contributed by atoms with van der Waals surface area (Å²) < 4.78 is 18.9. The number of halogens is 1. The lowest BCUT2D eigenvalue weighted by atomic mass is 9.82. The Morgan fingerprint density at radius 1 is 1.11 bits per heavy atom. The molecule has 2 aliphatic carbocycles. The molecule has 0 radical (unpaired) electrons. The molecule has 0 bridgehead atoms. The van der Waals surface area contributed by atoms with Crippen molar-refractivity contribution in [2.45, 2.75) is 103 Å². The van der Waals surface area contributed by atoms with Crippen LogP contribution in [0, 0.1) is 11.8 Å². The third-order valence-corrected chi connectivity index (χ3v) is 10.4. The molecule has 2 heterocycles. The lowest BCUT2D eigenvalue weighted by Crippen LogP contribution is -2.47. The van der Waals surface area contributed by atoms with Crippen LogP contribution in [0.3, 0.4) is 0 Å². The molecule has 3 aromatic rings. The summed E-state index contributed by atoms with van der Waals surface area (Å²) in [4.78, 5) is 17.8. The maximum atomic E-state index is 13.1. The maximum absolute atomic E-state index is 13.1. The number of carbonyl (C=O) groups is 1. The molecular formula is C38H47ClN2O5. The van der Waals surface area contributed by atoms with Crippen LogP contribution in [0.4, 0.5) is 5.69 Å². The van der Waals surface area contributed by atoms with E-state index in [0.717, 1.165) is 67.0 Å². The van der Waals surface area contributed by atoms with Crippen LogP contribution >= 0.6 is 11.6 Å². The summed E-state index contributed by atoms with van der Waals surface area (Å²) in [5.74, 6) is 2.64. The van der Waals surface area contributed by atoms with E-state index < -0.39 is 11.5 Å². The zero-order valence-electron chi connectivity index (χ0n) is 27.3. The van der Waals surface area contributed by atoms with E-state index in [9.17, 15) is 9.90 Å². The van der Waals surface area contributed by atoms with Gasteiger partial charge in [0.25, 0.3) is 0 Å². The molecule has 0 spiro atoms. The summed E-state index contributed by atoms with van der Waals surface area (Å²) in [5.41, 5.74) is 4.37. The number of hydrogen-bond donors (Lipinski definition) is 2. The van der Waals surface area contributed by atoms with Crippen molar-refractivity contribution in [3.8, 4) is 17.2 Å². The summed E-state index contributed by atoms with van der Waals surface area (Å²) in [6.45, 7) is 7.80. The molecule has 1 aromatic heterocycles. The van der Waals surface area contributed by atoms with Crippen molar-refractivity contribution < 1.29 is 24.1 Å². The number of carboxylic acid groups (broad SMARTS) is 1. The summed E-state index contributed by atoms with van der Waals surface area (Å²) >= 11 is 6.30. The number of nitrogens with one attached hydrogen (secondary N) is 1. The van der Waals surface area contributed by atoms with E-state index >= 15 is 0 Å². The Bertz CT molecular complexity index is 1550. The molecule has 246 valence electrons. The van der Waals surface area contributed by atoms with E-state index in [-0.39, 0.29) is 17.9 Å². The van der Waals surface area contributed by atoms with Crippen LogP contribution in [0.15, 0.2) is 48.7 Å². The minimum atomic E-state index is -1.14. The average Bonchev–Trinajstić information content (AvgIpc) is 3.16. The van der Waals surface area contributed by atoms with E-state index in [1.54, 1.807) is 12.1 Å². The number of anilines is 1. The molecule has 2 N–H and O–H groups in total. The van der Waals surface area contributed by atoms with Crippen LogP contribution in [0.25, 0.3) is 0 Å². The summed E-state index contributed by atoms with van der Waals surface area (Å²) in [7, 11) is 0. The van der Waals surface area contributed by atoms with E-state index in [1.165, 1.54) is 23.2 Å². The second-order valence-electron chi connectivity index (χ2n) is 13.9. The molecule has 0 saturated carbocycles. The first-order valence-electron chi connectivity index (χ1n) is 17.0. The van der Waals surface area contributed by atoms with E-state index in [4.69, 9.17) is 25.8 Å². The Balaban J connectivity index is 1.27. The fraction of sp³-hybridized carbons (Fsp3) is 0.526. The normalized spacial score (nSPS) is 25.0. The lowest BCUT2D eigenvalue weighted by Gasteiger charge is -2.33. The van der Waals surface area contributed by atoms with Crippen LogP contribution < -0.4 is 19.5 Å². The van der Waals surface area contributed by atoms with E-state index in [2.05, 4.69) is 43.2 Å². The van der Waals surface area contributed by atoms with Gasteiger partial charge in [-0.3, -0.25) is 4.98 Å². The number of aromatic nitrogens is 1. The van der Waals surface area contributed by atoms with Crippen molar-refractivity contribution in [1.29, 1.82) is 0 Å². The van der Waals surface area contributed by atoms with Gasteiger partial charge in [0.15, 0.2) is 11.5 Å². The third-order valence-electron chi connectivity index (χ3n) is 10.1. The second kappa shape index (κ2) is 14.1. The first-order valence-corrected chi connectivity index (χ1v) is 17.4. The molecule has 0 amide bonds. The predicted molar refractivity (Wildman–Crippen MR) is 182 cm³/mol. The Morgan fingerprint density at radius 2 is 1.96 bits per heavy atom. The Hall–Kier alpha value is -3.45. The van der Waals surface area contributed by atoms with Gasteiger partial charge in [0, 0.05) is 34.6 Å². The molecule has 0 saturated heterocycles. The number of benzene rings is 2. The lowest BCUT2D eigenvalue weighted by molar-refractivity contribution is -0.143. The highest BCUT2D eigenvalue weighted by Gasteiger charge is 2.40. The number of aliphatic carboxylic acids is 1. The zero-order chi connectivity index (χ0) is 32.3. The molecule has 6 rings (SSSR count). The highest BCUT2D eigenvalue weighted by molar-refractivity contribution is 6.30. The van der Waals surface area contributed by atoms with Crippen LogP contribution in [0.2, 0.25) is 5.02 Å². The van der Waals surface area contributed by atoms with Crippen molar-refractivity contribution in [2.24, 2.45) is 11.8 Å². The molecule has 2 aromatic carbocycles. The highest BCUT2D eigenvalue weighted by atomic mass is 35.5. The molecule has 0 unspecified atom stereocenters. The first-order chi connectivity index (χ1) is 22.2. The standard InChI is InChI=1S/C38H47ClN2O5/c1-24(23-45-33-12-16-40-32-9-4-6-25(2)36(32)33)18-27-10-14-38(37(42)43,41-31-8-5-7-30(39)22-31)15-11-28-20-34-35(21-29(28)19-27)46-26(3)13-17-44-34/h5,7-8,12,16,20-22,24-27,41H,4,6,9-11,13-15,17-19,23H2,1-3H3,(H,42,43)/t24-,25-,26+,27+,38+/m1/s1. The number of aryl methyl sites for hydroxylation is 2. The quantitative estimate of drug-likeness (QED) is 0.253. The van der Waals surface area contributed by atoms with Crippen LogP contribution in [0.5, 0.6) is 17.2 Å². The topological polar surface area (TPSA) is 89.9 Å². The first kappa shape index (κ1) is 32.5. The monoisotopic (exact) mass is 646 g/mol. The number of nitrogens with zero attached hydrogens (tertiary/aromatic N) is 1. The van der Waals surface area contributed by atoms with Crippen molar-refractivity contribution in [3.05, 3.63) is 76.1 Å². The largest absolute Gasteiger partial charge is 0.493 e. The molecule has 8 heteroatoms. The molecular weight excluding hydrogens is 600 g/mol. The van der Waals surface area contributed by atoms with Crippen LogP contribution in [-0.4, -0.2) is 40.9 Å².